The Morgan fingerprint density at radius 3 is 1.46 bits per heavy atom. The summed E-state index contributed by atoms with van der Waals surface area (Å²) >= 11 is 0. The summed E-state index contributed by atoms with van der Waals surface area (Å²) in [6, 6.07) is 0. The molecule has 0 saturated carbocycles. The summed E-state index contributed by atoms with van der Waals surface area (Å²) in [5, 5.41) is 11.2. The standard InChI is InChI=1S/C14H18N4O6/c19-7-1-13(3-15-7)5-17-11(13)23-9(21)10(22)24-12-14(6-18-12)2-8(20)16-4-14/h11-12,17-18H,1-6H2,(H,15,19)(H,16,20). The summed E-state index contributed by atoms with van der Waals surface area (Å²) in [7, 11) is 0. The third kappa shape index (κ3) is 2.25. The van der Waals surface area contributed by atoms with Gasteiger partial charge in [0.2, 0.25) is 11.8 Å². The molecular formula is C14H18N4O6. The second-order valence-electron chi connectivity index (χ2n) is 6.96. The number of rotatable bonds is 2. The van der Waals surface area contributed by atoms with Gasteiger partial charge in [0.25, 0.3) is 0 Å². The van der Waals surface area contributed by atoms with Crippen molar-refractivity contribution in [3.8, 4) is 0 Å². The highest BCUT2D eigenvalue weighted by Gasteiger charge is 2.56. The summed E-state index contributed by atoms with van der Waals surface area (Å²) in [4.78, 5) is 46.6. The average molecular weight is 338 g/mol. The summed E-state index contributed by atoms with van der Waals surface area (Å²) in [5.74, 6) is -2.41. The smallest absolute Gasteiger partial charge is 0.419 e. The fourth-order valence-corrected chi connectivity index (χ4v) is 3.65. The lowest BCUT2D eigenvalue weighted by molar-refractivity contribution is -0.195. The molecular weight excluding hydrogens is 320 g/mol. The van der Waals surface area contributed by atoms with Crippen molar-refractivity contribution in [1.82, 2.24) is 21.3 Å². The second kappa shape index (κ2) is 5.15. The van der Waals surface area contributed by atoms with E-state index in [1.54, 1.807) is 0 Å². The van der Waals surface area contributed by atoms with Crippen LogP contribution in [-0.2, 0) is 28.7 Å². The van der Waals surface area contributed by atoms with E-state index in [0.29, 0.717) is 26.2 Å². The van der Waals surface area contributed by atoms with Gasteiger partial charge in [-0.15, -0.1) is 0 Å². The van der Waals surface area contributed by atoms with E-state index in [-0.39, 0.29) is 24.7 Å². The normalized spacial score (nSPS) is 39.8. The first kappa shape index (κ1) is 15.3. The van der Waals surface area contributed by atoms with Crippen LogP contribution in [0.5, 0.6) is 0 Å². The largest absolute Gasteiger partial charge is 0.437 e. The summed E-state index contributed by atoms with van der Waals surface area (Å²) in [5.41, 5.74) is -0.963. The van der Waals surface area contributed by atoms with Crippen LogP contribution >= 0.6 is 0 Å². The number of esters is 2. The van der Waals surface area contributed by atoms with Crippen molar-refractivity contribution in [2.45, 2.75) is 25.3 Å². The number of nitrogens with one attached hydrogen (secondary N) is 4. The second-order valence-corrected chi connectivity index (χ2v) is 6.96. The van der Waals surface area contributed by atoms with E-state index in [4.69, 9.17) is 9.47 Å². The molecule has 4 fully saturated rings. The molecule has 130 valence electrons. The van der Waals surface area contributed by atoms with Crippen LogP contribution in [0.1, 0.15) is 12.8 Å². The van der Waals surface area contributed by atoms with Crippen LogP contribution in [0.25, 0.3) is 0 Å². The maximum atomic E-state index is 12.0. The zero-order valence-electron chi connectivity index (χ0n) is 12.8. The Morgan fingerprint density at radius 2 is 1.21 bits per heavy atom. The van der Waals surface area contributed by atoms with Gasteiger partial charge in [0.1, 0.15) is 0 Å². The number of hydrogen-bond donors (Lipinski definition) is 4. The van der Waals surface area contributed by atoms with E-state index in [2.05, 4.69) is 21.3 Å². The van der Waals surface area contributed by atoms with Crippen molar-refractivity contribution in [3.05, 3.63) is 0 Å². The van der Waals surface area contributed by atoms with Crippen LogP contribution < -0.4 is 21.3 Å². The molecule has 4 N–H and O–H groups in total. The molecule has 0 aromatic rings. The predicted molar refractivity (Wildman–Crippen MR) is 75.9 cm³/mol. The first-order chi connectivity index (χ1) is 11.4. The van der Waals surface area contributed by atoms with Gasteiger partial charge >= 0.3 is 11.9 Å². The van der Waals surface area contributed by atoms with Crippen molar-refractivity contribution in [3.63, 3.8) is 0 Å². The van der Waals surface area contributed by atoms with Crippen molar-refractivity contribution in [1.29, 1.82) is 0 Å². The topological polar surface area (TPSA) is 135 Å². The molecule has 10 heteroatoms. The molecule has 0 aromatic heterocycles. The molecule has 10 nitrogen and oxygen atoms in total. The highest BCUT2D eigenvalue weighted by Crippen LogP contribution is 2.38. The first-order valence-electron chi connectivity index (χ1n) is 7.84. The lowest BCUT2D eigenvalue weighted by Crippen LogP contribution is -2.66. The molecule has 0 aromatic carbocycles. The van der Waals surface area contributed by atoms with Gasteiger partial charge in [-0.2, -0.15) is 0 Å². The molecule has 0 bridgehead atoms. The highest BCUT2D eigenvalue weighted by molar-refractivity contribution is 6.29. The number of hydrogen-bond acceptors (Lipinski definition) is 8. The quantitative estimate of drug-likeness (QED) is 0.308. The Hall–Kier alpha value is -2.20. The van der Waals surface area contributed by atoms with Gasteiger partial charge in [-0.05, 0) is 0 Å². The maximum Gasteiger partial charge on any atom is 0.419 e. The summed E-state index contributed by atoms with van der Waals surface area (Å²) in [6.07, 6.45) is -0.855. The van der Waals surface area contributed by atoms with Crippen LogP contribution in [-0.4, -0.2) is 62.4 Å². The minimum atomic E-state index is -1.10. The molecule has 4 heterocycles. The summed E-state index contributed by atoms with van der Waals surface area (Å²) in [6.45, 7) is 1.90. The van der Waals surface area contributed by atoms with Gasteiger partial charge in [0.05, 0.1) is 10.8 Å². The Bertz CT molecular complexity index is 585. The van der Waals surface area contributed by atoms with Crippen molar-refractivity contribution >= 4 is 23.8 Å². The molecule has 4 rings (SSSR count). The van der Waals surface area contributed by atoms with Crippen LogP contribution in [0.4, 0.5) is 0 Å². The lowest BCUT2D eigenvalue weighted by Gasteiger charge is -2.46. The Labute approximate surface area is 137 Å². The van der Waals surface area contributed by atoms with E-state index in [1.807, 2.05) is 0 Å². The molecule has 4 aliphatic heterocycles. The number of amides is 2. The van der Waals surface area contributed by atoms with Crippen molar-refractivity contribution in [2.75, 3.05) is 26.2 Å². The molecule has 4 unspecified atom stereocenters. The molecule has 4 aliphatic rings. The van der Waals surface area contributed by atoms with Crippen LogP contribution in [0.3, 0.4) is 0 Å². The van der Waals surface area contributed by atoms with Gasteiger partial charge in [-0.3, -0.25) is 20.2 Å². The van der Waals surface area contributed by atoms with E-state index in [0.717, 1.165) is 0 Å². The average Bonchev–Trinajstić information content (AvgIpc) is 3.14. The Kier molecular flexibility index (Phi) is 3.29. The molecule has 4 saturated heterocycles. The highest BCUT2D eigenvalue weighted by atomic mass is 16.6. The minimum Gasteiger partial charge on any atom is -0.437 e. The molecule has 4 atom stereocenters. The fraction of sp³-hybridized carbons (Fsp3) is 0.714. The molecule has 0 aliphatic carbocycles. The van der Waals surface area contributed by atoms with Gasteiger partial charge in [-0.25, -0.2) is 9.59 Å². The Balaban J connectivity index is 1.32. The van der Waals surface area contributed by atoms with E-state index >= 15 is 0 Å². The molecule has 2 spiro atoms. The molecule has 2 amide bonds. The molecule has 24 heavy (non-hydrogen) atoms. The first-order valence-corrected chi connectivity index (χ1v) is 7.84. The minimum absolute atomic E-state index is 0.0980. The van der Waals surface area contributed by atoms with Gasteiger partial charge in [0, 0.05) is 39.0 Å². The van der Waals surface area contributed by atoms with Crippen molar-refractivity contribution < 1.29 is 28.7 Å². The third-order valence-electron chi connectivity index (χ3n) is 5.31. The van der Waals surface area contributed by atoms with Gasteiger partial charge < -0.3 is 20.1 Å². The predicted octanol–water partition coefficient (Wildman–Crippen LogP) is -3.06. The maximum absolute atomic E-state index is 12.0. The van der Waals surface area contributed by atoms with Gasteiger partial charge in [0.15, 0.2) is 12.5 Å². The van der Waals surface area contributed by atoms with E-state index < -0.39 is 35.2 Å². The fourth-order valence-electron chi connectivity index (χ4n) is 3.65. The zero-order valence-corrected chi connectivity index (χ0v) is 12.8. The van der Waals surface area contributed by atoms with Crippen LogP contribution in [0, 0.1) is 10.8 Å². The number of carbonyl (C=O) groups excluding carboxylic acids is 4. The van der Waals surface area contributed by atoms with Crippen molar-refractivity contribution in [2.24, 2.45) is 10.8 Å². The summed E-state index contributed by atoms with van der Waals surface area (Å²) < 4.78 is 10.3. The lowest BCUT2D eigenvalue weighted by atomic mass is 9.78. The third-order valence-corrected chi connectivity index (χ3v) is 5.31. The monoisotopic (exact) mass is 338 g/mol. The number of carbonyl (C=O) groups is 4. The SMILES string of the molecule is O=C1CC2(CN1)CNC2OC(=O)C(=O)OC1NCC12CNC(=O)C2. The Morgan fingerprint density at radius 1 is 0.792 bits per heavy atom. The molecule has 0 radical (unpaired) electrons. The van der Waals surface area contributed by atoms with E-state index in [9.17, 15) is 19.2 Å². The number of ether oxygens (including phenoxy) is 2. The van der Waals surface area contributed by atoms with Gasteiger partial charge in [-0.1, -0.05) is 0 Å². The van der Waals surface area contributed by atoms with Crippen LogP contribution in [0.15, 0.2) is 0 Å². The van der Waals surface area contributed by atoms with Crippen LogP contribution in [0.2, 0.25) is 0 Å². The zero-order chi connectivity index (χ0) is 16.9. The van der Waals surface area contributed by atoms with E-state index in [1.165, 1.54) is 0 Å².